The van der Waals surface area contributed by atoms with Gasteiger partial charge in [-0.05, 0) is 30.4 Å². The van der Waals surface area contributed by atoms with Crippen LogP contribution in [-0.2, 0) is 30.9 Å². The molecule has 1 aromatic rings. The van der Waals surface area contributed by atoms with Crippen LogP contribution in [0, 0.1) is 11.8 Å². The van der Waals surface area contributed by atoms with E-state index in [-0.39, 0.29) is 17.4 Å². The quantitative estimate of drug-likeness (QED) is 0.803. The Morgan fingerprint density at radius 1 is 1.09 bits per heavy atom. The third-order valence-corrected chi connectivity index (χ3v) is 5.21. The summed E-state index contributed by atoms with van der Waals surface area (Å²) in [7, 11) is 2.75. The minimum Gasteiger partial charge on any atom is -0.469 e. The maximum atomic E-state index is 12.5. The number of carbonyl (C=O) groups excluding carboxylic acids is 2. The summed E-state index contributed by atoms with van der Waals surface area (Å²) in [5.74, 6) is -1.66. The number of hydrogen-bond donors (Lipinski definition) is 0. The fourth-order valence-electron chi connectivity index (χ4n) is 4.05. The van der Waals surface area contributed by atoms with E-state index in [1.165, 1.54) is 14.2 Å². The van der Waals surface area contributed by atoms with Gasteiger partial charge in [-0.25, -0.2) is 0 Å². The van der Waals surface area contributed by atoms with Crippen molar-refractivity contribution in [2.24, 2.45) is 11.8 Å². The summed E-state index contributed by atoms with van der Waals surface area (Å²) in [4.78, 5) is 24.8. The maximum absolute atomic E-state index is 12.5. The topological polar surface area (TPSA) is 52.6 Å². The molecule has 0 fully saturated rings. The van der Waals surface area contributed by atoms with Crippen molar-refractivity contribution in [2.75, 3.05) is 14.2 Å². The monoisotopic (exact) mass is 304 g/mol. The van der Waals surface area contributed by atoms with Gasteiger partial charge in [0.2, 0.25) is 0 Å². The van der Waals surface area contributed by atoms with E-state index in [1.54, 1.807) is 0 Å². The van der Waals surface area contributed by atoms with Crippen molar-refractivity contribution in [3.8, 4) is 0 Å². The smallest absolute Gasteiger partial charge is 0.310 e. The summed E-state index contributed by atoms with van der Waals surface area (Å²) in [5, 5.41) is 0. The van der Waals surface area contributed by atoms with Gasteiger partial charge in [-0.3, -0.25) is 9.59 Å². The SMILES string of the molecule is CCC1(CC)c2ccccc2CC(C(=O)OC)C1C(=O)OC. The number of hydrogen-bond acceptors (Lipinski definition) is 4. The number of rotatable bonds is 4. The maximum Gasteiger partial charge on any atom is 0.310 e. The number of fused-ring (bicyclic) bond motifs is 1. The van der Waals surface area contributed by atoms with E-state index >= 15 is 0 Å². The van der Waals surface area contributed by atoms with E-state index in [1.807, 2.05) is 18.2 Å². The van der Waals surface area contributed by atoms with E-state index in [2.05, 4.69) is 19.9 Å². The summed E-state index contributed by atoms with van der Waals surface area (Å²) < 4.78 is 10.0. The van der Waals surface area contributed by atoms with E-state index < -0.39 is 11.8 Å². The first-order valence-corrected chi connectivity index (χ1v) is 7.79. The van der Waals surface area contributed by atoms with E-state index in [4.69, 9.17) is 9.47 Å². The third-order valence-electron chi connectivity index (χ3n) is 5.21. The molecule has 2 atom stereocenters. The largest absolute Gasteiger partial charge is 0.469 e. The van der Waals surface area contributed by atoms with Gasteiger partial charge in [0, 0.05) is 5.41 Å². The molecule has 0 amide bonds. The van der Waals surface area contributed by atoms with Crippen LogP contribution in [-0.4, -0.2) is 26.2 Å². The van der Waals surface area contributed by atoms with Crippen molar-refractivity contribution >= 4 is 11.9 Å². The van der Waals surface area contributed by atoms with Crippen LogP contribution in [0.3, 0.4) is 0 Å². The Bertz CT molecular complexity index is 560. The van der Waals surface area contributed by atoms with Crippen molar-refractivity contribution in [3.63, 3.8) is 0 Å². The van der Waals surface area contributed by atoms with Crippen molar-refractivity contribution < 1.29 is 19.1 Å². The van der Waals surface area contributed by atoms with Crippen LogP contribution in [0.5, 0.6) is 0 Å². The second kappa shape index (κ2) is 6.51. The molecule has 2 rings (SSSR count). The Morgan fingerprint density at radius 3 is 2.23 bits per heavy atom. The molecule has 0 aliphatic heterocycles. The summed E-state index contributed by atoms with van der Waals surface area (Å²) in [6.45, 7) is 4.13. The Balaban J connectivity index is 2.67. The van der Waals surface area contributed by atoms with Gasteiger partial charge in [-0.1, -0.05) is 38.1 Å². The molecule has 4 nitrogen and oxygen atoms in total. The molecule has 4 heteroatoms. The highest BCUT2D eigenvalue weighted by Gasteiger charge is 2.53. The Labute approximate surface area is 131 Å². The molecule has 0 bridgehead atoms. The predicted octanol–water partition coefficient (Wildman–Crippen LogP) is 2.88. The van der Waals surface area contributed by atoms with Crippen molar-refractivity contribution in [3.05, 3.63) is 35.4 Å². The molecule has 22 heavy (non-hydrogen) atoms. The van der Waals surface area contributed by atoms with E-state index in [0.29, 0.717) is 6.42 Å². The number of benzene rings is 1. The summed E-state index contributed by atoms with van der Waals surface area (Å²) in [6.07, 6.45) is 2.06. The Morgan fingerprint density at radius 2 is 1.68 bits per heavy atom. The van der Waals surface area contributed by atoms with Crippen molar-refractivity contribution in [1.82, 2.24) is 0 Å². The van der Waals surface area contributed by atoms with Crippen LogP contribution < -0.4 is 0 Å². The lowest BCUT2D eigenvalue weighted by Crippen LogP contribution is -2.50. The molecule has 0 N–H and O–H groups in total. The van der Waals surface area contributed by atoms with Gasteiger partial charge in [0.15, 0.2) is 0 Å². The molecule has 1 aromatic carbocycles. The second-order valence-corrected chi connectivity index (χ2v) is 5.86. The minimum absolute atomic E-state index is 0.325. The van der Waals surface area contributed by atoms with Crippen LogP contribution in [0.2, 0.25) is 0 Å². The van der Waals surface area contributed by atoms with Gasteiger partial charge in [0.1, 0.15) is 0 Å². The highest BCUT2D eigenvalue weighted by atomic mass is 16.5. The average Bonchev–Trinajstić information content (AvgIpc) is 2.58. The lowest BCUT2D eigenvalue weighted by Gasteiger charge is -2.46. The van der Waals surface area contributed by atoms with Crippen LogP contribution in [0.4, 0.5) is 0 Å². The minimum atomic E-state index is -0.505. The molecule has 0 saturated heterocycles. The first kappa shape index (κ1) is 16.5. The van der Waals surface area contributed by atoms with E-state index in [9.17, 15) is 9.59 Å². The van der Waals surface area contributed by atoms with Gasteiger partial charge < -0.3 is 9.47 Å². The van der Waals surface area contributed by atoms with Gasteiger partial charge in [-0.2, -0.15) is 0 Å². The normalized spacial score (nSPS) is 22.5. The third kappa shape index (κ3) is 2.40. The lowest BCUT2D eigenvalue weighted by atomic mass is 9.56. The van der Waals surface area contributed by atoms with Gasteiger partial charge in [0.25, 0.3) is 0 Å². The molecule has 0 radical (unpaired) electrons. The van der Waals surface area contributed by atoms with Crippen LogP contribution in [0.15, 0.2) is 24.3 Å². The van der Waals surface area contributed by atoms with E-state index in [0.717, 1.165) is 24.0 Å². The molecular formula is C18H24O4. The Kier molecular flexibility index (Phi) is 4.89. The van der Waals surface area contributed by atoms with Crippen LogP contribution in [0.25, 0.3) is 0 Å². The van der Waals surface area contributed by atoms with Gasteiger partial charge in [-0.15, -0.1) is 0 Å². The first-order chi connectivity index (χ1) is 10.6. The zero-order valence-electron chi connectivity index (χ0n) is 13.7. The zero-order valence-corrected chi connectivity index (χ0v) is 13.7. The molecule has 0 saturated carbocycles. The van der Waals surface area contributed by atoms with Crippen LogP contribution >= 0.6 is 0 Å². The molecule has 1 aliphatic rings. The molecular weight excluding hydrogens is 280 g/mol. The highest BCUT2D eigenvalue weighted by molar-refractivity contribution is 5.85. The predicted molar refractivity (Wildman–Crippen MR) is 83.4 cm³/mol. The number of esters is 2. The molecule has 2 unspecified atom stereocenters. The summed E-state index contributed by atoms with van der Waals surface area (Å²) in [5.41, 5.74) is 1.90. The van der Waals surface area contributed by atoms with Crippen molar-refractivity contribution in [1.29, 1.82) is 0 Å². The zero-order chi connectivity index (χ0) is 16.3. The van der Waals surface area contributed by atoms with Crippen LogP contribution in [0.1, 0.15) is 37.8 Å². The fraction of sp³-hybridized carbons (Fsp3) is 0.556. The Hall–Kier alpha value is -1.84. The van der Waals surface area contributed by atoms with Gasteiger partial charge in [0.05, 0.1) is 26.1 Å². The number of methoxy groups -OCH3 is 2. The first-order valence-electron chi connectivity index (χ1n) is 7.79. The summed E-state index contributed by atoms with van der Waals surface area (Å²) in [6, 6.07) is 8.08. The highest BCUT2D eigenvalue weighted by Crippen LogP contribution is 2.49. The van der Waals surface area contributed by atoms with Crippen molar-refractivity contribution in [2.45, 2.75) is 38.5 Å². The molecule has 1 aliphatic carbocycles. The molecule has 0 aromatic heterocycles. The van der Waals surface area contributed by atoms with Gasteiger partial charge >= 0.3 is 11.9 Å². The molecule has 0 heterocycles. The number of ether oxygens (including phenoxy) is 2. The second-order valence-electron chi connectivity index (χ2n) is 5.86. The fourth-order valence-corrected chi connectivity index (χ4v) is 4.05. The molecule has 0 spiro atoms. The number of carbonyl (C=O) groups is 2. The molecule has 120 valence electrons. The lowest BCUT2D eigenvalue weighted by molar-refractivity contribution is -0.162. The standard InChI is InChI=1S/C18H24O4/c1-5-18(6-2)14-10-8-7-9-12(14)11-13(16(19)21-3)15(18)17(20)22-4/h7-10,13,15H,5-6,11H2,1-4H3. The summed E-state index contributed by atoms with van der Waals surface area (Å²) >= 11 is 0. The average molecular weight is 304 g/mol.